The number of thioether (sulfide) groups is 1. The molecule has 0 aliphatic heterocycles. The summed E-state index contributed by atoms with van der Waals surface area (Å²) < 4.78 is 11.0. The molecule has 21 heavy (non-hydrogen) atoms. The van der Waals surface area contributed by atoms with E-state index in [0.29, 0.717) is 35.6 Å². The van der Waals surface area contributed by atoms with Crippen LogP contribution in [0, 0.1) is 0 Å². The molecule has 1 rings (SSSR count). The van der Waals surface area contributed by atoms with Crippen LogP contribution in [-0.2, 0) is 4.74 Å². The lowest BCUT2D eigenvalue weighted by Gasteiger charge is -2.12. The Balaban J connectivity index is 2.23. The molecule has 0 radical (unpaired) electrons. The molecule has 0 heterocycles. The van der Waals surface area contributed by atoms with Crippen molar-refractivity contribution in [2.45, 2.75) is 19.8 Å². The molecule has 7 heteroatoms. The van der Waals surface area contributed by atoms with E-state index in [0.717, 1.165) is 5.75 Å². The molecule has 0 fully saturated rings. The van der Waals surface area contributed by atoms with E-state index in [-0.39, 0.29) is 10.0 Å². The largest absolute Gasteiger partial charge is 0.488 e. The molecule has 0 spiro atoms. The molecule has 2 nitrogen and oxygen atoms in total. The van der Waals surface area contributed by atoms with Crippen LogP contribution in [0.1, 0.15) is 19.8 Å². The van der Waals surface area contributed by atoms with E-state index >= 15 is 0 Å². The summed E-state index contributed by atoms with van der Waals surface area (Å²) in [5.41, 5.74) is 0. The minimum Gasteiger partial charge on any atom is -0.488 e. The fourth-order valence-corrected chi connectivity index (χ4v) is 3.40. The van der Waals surface area contributed by atoms with Gasteiger partial charge in [-0.2, -0.15) is 11.8 Å². The maximum Gasteiger partial charge on any atom is 0.158 e. The smallest absolute Gasteiger partial charge is 0.158 e. The van der Waals surface area contributed by atoms with Crippen LogP contribution in [0.25, 0.3) is 0 Å². The van der Waals surface area contributed by atoms with E-state index in [1.807, 2.05) is 11.8 Å². The zero-order chi connectivity index (χ0) is 15.7. The highest BCUT2D eigenvalue weighted by Crippen LogP contribution is 2.42. The highest BCUT2D eigenvalue weighted by Gasteiger charge is 2.14. The topological polar surface area (TPSA) is 18.5 Å². The quantitative estimate of drug-likeness (QED) is 0.267. The minimum absolute atomic E-state index is 0.226. The number of benzene rings is 1. The monoisotopic (exact) mass is 390 g/mol. The summed E-state index contributed by atoms with van der Waals surface area (Å²) in [6.07, 6.45) is 2.48. The second kappa shape index (κ2) is 11.1. The van der Waals surface area contributed by atoms with Crippen molar-refractivity contribution in [1.82, 2.24) is 0 Å². The Morgan fingerprint density at radius 1 is 0.952 bits per heavy atom. The molecule has 0 bridgehead atoms. The van der Waals surface area contributed by atoms with E-state index in [1.165, 1.54) is 24.7 Å². The Labute approximate surface area is 150 Å². The van der Waals surface area contributed by atoms with Gasteiger partial charge < -0.3 is 9.47 Å². The van der Waals surface area contributed by atoms with Gasteiger partial charge in [-0.1, -0.05) is 59.7 Å². The summed E-state index contributed by atoms with van der Waals surface area (Å²) in [7, 11) is 0. The molecule has 0 aliphatic carbocycles. The lowest BCUT2D eigenvalue weighted by atomic mass is 10.3. The van der Waals surface area contributed by atoms with Gasteiger partial charge in [0, 0.05) is 5.75 Å². The zero-order valence-electron chi connectivity index (χ0n) is 11.8. The van der Waals surface area contributed by atoms with Crippen molar-refractivity contribution in [1.29, 1.82) is 0 Å². The van der Waals surface area contributed by atoms with Crippen molar-refractivity contribution >= 4 is 58.2 Å². The molecule has 1 aromatic carbocycles. The van der Waals surface area contributed by atoms with Gasteiger partial charge in [0.1, 0.15) is 11.6 Å². The van der Waals surface area contributed by atoms with Gasteiger partial charge >= 0.3 is 0 Å². The third-order valence-electron chi connectivity index (χ3n) is 2.56. The molecule has 0 unspecified atom stereocenters. The molecule has 0 amide bonds. The average Bonchev–Trinajstić information content (AvgIpc) is 2.46. The molecule has 0 aromatic heterocycles. The first-order valence-electron chi connectivity index (χ1n) is 6.69. The van der Waals surface area contributed by atoms with E-state index in [2.05, 4.69) is 6.92 Å². The molecule has 0 saturated heterocycles. The summed E-state index contributed by atoms with van der Waals surface area (Å²) in [5.74, 6) is 2.52. The average molecular weight is 392 g/mol. The number of ether oxygens (including phenoxy) is 2. The summed E-state index contributed by atoms with van der Waals surface area (Å²) >= 11 is 25.8. The lowest BCUT2D eigenvalue weighted by molar-refractivity contribution is 0.112. The summed E-state index contributed by atoms with van der Waals surface area (Å²) in [4.78, 5) is 0. The van der Waals surface area contributed by atoms with E-state index < -0.39 is 0 Å². The Morgan fingerprint density at radius 3 is 2.43 bits per heavy atom. The van der Waals surface area contributed by atoms with Gasteiger partial charge in [-0.25, -0.2) is 0 Å². The van der Waals surface area contributed by atoms with Crippen molar-refractivity contribution < 1.29 is 9.47 Å². The Kier molecular flexibility index (Phi) is 10.3. The third kappa shape index (κ3) is 7.06. The molecule has 0 atom stereocenters. The lowest BCUT2D eigenvalue weighted by Crippen LogP contribution is -2.09. The Hall–Kier alpha value is 0.490. The van der Waals surface area contributed by atoms with Gasteiger partial charge in [-0.3, -0.25) is 0 Å². The zero-order valence-corrected chi connectivity index (χ0v) is 15.6. The summed E-state index contributed by atoms with van der Waals surface area (Å²) in [5, 5.41) is 1.11. The van der Waals surface area contributed by atoms with Gasteiger partial charge in [0.25, 0.3) is 0 Å². The first-order valence-corrected chi connectivity index (χ1v) is 9.35. The van der Waals surface area contributed by atoms with Crippen LogP contribution < -0.4 is 4.74 Å². The van der Waals surface area contributed by atoms with Crippen molar-refractivity contribution in [3.8, 4) is 5.75 Å². The first kappa shape index (κ1) is 19.5. The van der Waals surface area contributed by atoms with Crippen molar-refractivity contribution in [3.05, 3.63) is 26.2 Å². The minimum atomic E-state index is 0.226. The predicted molar refractivity (Wildman–Crippen MR) is 95.0 cm³/mol. The van der Waals surface area contributed by atoms with E-state index in [9.17, 15) is 0 Å². The fourth-order valence-electron chi connectivity index (χ4n) is 1.45. The maximum atomic E-state index is 6.04. The van der Waals surface area contributed by atoms with Crippen LogP contribution in [0.2, 0.25) is 20.1 Å². The molecule has 1 aromatic rings. The van der Waals surface area contributed by atoms with Crippen LogP contribution in [0.3, 0.4) is 0 Å². The second-order valence-corrected chi connectivity index (χ2v) is 7.02. The number of unbranched alkanes of at least 4 members (excludes halogenated alkanes) is 1. The fraction of sp³-hybridized carbons (Fsp3) is 0.571. The van der Waals surface area contributed by atoms with Crippen LogP contribution in [0.15, 0.2) is 6.07 Å². The Morgan fingerprint density at radius 2 is 1.71 bits per heavy atom. The van der Waals surface area contributed by atoms with Crippen LogP contribution >= 0.6 is 58.2 Å². The second-order valence-electron chi connectivity index (χ2n) is 4.22. The molecule has 0 aliphatic rings. The normalized spacial score (nSPS) is 10.9. The van der Waals surface area contributed by atoms with Crippen molar-refractivity contribution in [2.75, 3.05) is 31.3 Å². The van der Waals surface area contributed by atoms with Gasteiger partial charge in [0.15, 0.2) is 5.75 Å². The van der Waals surface area contributed by atoms with Gasteiger partial charge in [-0.05, 0) is 18.2 Å². The van der Waals surface area contributed by atoms with E-state index in [4.69, 9.17) is 55.9 Å². The molecular weight excluding hydrogens is 374 g/mol. The number of hydrogen-bond donors (Lipinski definition) is 0. The highest BCUT2D eigenvalue weighted by atomic mass is 35.5. The van der Waals surface area contributed by atoms with Crippen LogP contribution in [0.4, 0.5) is 0 Å². The van der Waals surface area contributed by atoms with Crippen LogP contribution in [0.5, 0.6) is 5.75 Å². The predicted octanol–water partition coefficient (Wildman–Crippen LogP) is 6.23. The maximum absolute atomic E-state index is 6.04. The standard InChI is InChI=1S/C14H18Cl4O2S/c1-2-3-7-21-8-6-19-4-5-20-14-11(16)9-10(15)12(17)13(14)18/h9H,2-8H2,1H3. The SMILES string of the molecule is CCCCSCCOCCOc1c(Cl)cc(Cl)c(Cl)c1Cl. The Bertz CT molecular complexity index is 443. The first-order chi connectivity index (χ1) is 10.1. The molecular formula is C14H18Cl4O2S. The number of halogens is 4. The number of hydrogen-bond acceptors (Lipinski definition) is 3. The van der Waals surface area contributed by atoms with Crippen molar-refractivity contribution in [2.24, 2.45) is 0 Å². The van der Waals surface area contributed by atoms with Crippen LogP contribution in [-0.4, -0.2) is 31.3 Å². The van der Waals surface area contributed by atoms with E-state index in [1.54, 1.807) is 0 Å². The van der Waals surface area contributed by atoms with Gasteiger partial charge in [0.05, 0.1) is 28.3 Å². The summed E-state index contributed by atoms with van der Waals surface area (Å²) in [6, 6.07) is 1.51. The third-order valence-corrected chi connectivity index (χ3v) is 5.12. The van der Waals surface area contributed by atoms with Crippen molar-refractivity contribution in [3.63, 3.8) is 0 Å². The van der Waals surface area contributed by atoms with Gasteiger partial charge in [-0.15, -0.1) is 0 Å². The van der Waals surface area contributed by atoms with Gasteiger partial charge in [0.2, 0.25) is 0 Å². The highest BCUT2D eigenvalue weighted by molar-refractivity contribution is 7.99. The molecule has 0 N–H and O–H groups in total. The molecule has 120 valence electrons. The molecule has 0 saturated carbocycles. The summed E-state index contributed by atoms with van der Waals surface area (Å²) in [6.45, 7) is 3.73. The number of rotatable bonds is 10.